The van der Waals surface area contributed by atoms with Gasteiger partial charge in [0.15, 0.2) is 0 Å². The summed E-state index contributed by atoms with van der Waals surface area (Å²) in [6.07, 6.45) is 46.8. The van der Waals surface area contributed by atoms with Crippen LogP contribution in [0.5, 0.6) is 0 Å². The maximum absolute atomic E-state index is 4.65. The molecule has 784 valence electrons. The number of ether oxygens (including phenoxy) is 1. The summed E-state index contributed by atoms with van der Waals surface area (Å²) in [5, 5.41) is 34.9. The average molecular weight is 1830 g/mol. The van der Waals surface area contributed by atoms with Gasteiger partial charge < -0.3 is 67.3 Å². The quantitative estimate of drug-likeness (QED) is 0.0797. The third-order valence-corrected chi connectivity index (χ3v) is 10.9. The zero-order valence-corrected chi connectivity index (χ0v) is 97.6. The summed E-state index contributed by atoms with van der Waals surface area (Å²) >= 11 is 0. The van der Waals surface area contributed by atoms with E-state index in [1.54, 1.807) is 99.3 Å². The van der Waals surface area contributed by atoms with Gasteiger partial charge in [0.25, 0.3) is 0 Å². The average Bonchev–Trinajstić information content (AvgIpc) is 1.33. The van der Waals surface area contributed by atoms with Gasteiger partial charge in [0.2, 0.25) is 0 Å². The molecule has 0 bridgehead atoms. The third-order valence-electron chi connectivity index (χ3n) is 10.9. The van der Waals surface area contributed by atoms with Crippen LogP contribution in [-0.4, -0.2) is 202 Å². The Labute approximate surface area is 813 Å². The molecule has 6 saturated heterocycles. The smallest absolute Gasteiger partial charge is 0.115 e. The molecule has 21 nitrogen and oxygen atoms in total. The Hall–Kier alpha value is -6.14. The largest absolute Gasteiger partial charge is 0.470 e. The highest BCUT2D eigenvalue weighted by molar-refractivity contribution is 5.56. The zero-order chi connectivity index (χ0) is 106. The van der Waals surface area contributed by atoms with Crippen LogP contribution in [0, 0.1) is 0 Å². The van der Waals surface area contributed by atoms with Crippen LogP contribution in [0.3, 0.4) is 0 Å². The maximum Gasteiger partial charge on any atom is 0.115 e. The third kappa shape index (κ3) is 302. The summed E-state index contributed by atoms with van der Waals surface area (Å²) in [6, 6.07) is 11.1. The van der Waals surface area contributed by atoms with Gasteiger partial charge in [-0.2, -0.15) is 10.2 Å². The first-order valence-electron chi connectivity index (χ1n) is 52.9. The first-order chi connectivity index (χ1) is 63.7. The number of hydrogen-bond donors (Lipinski definition) is 9. The fraction of sp³-hybridized carbons (Fsp3) is 0.757. The monoisotopic (exact) mass is 1830 g/mol. The van der Waals surface area contributed by atoms with Crippen molar-refractivity contribution in [3.05, 3.63) is 154 Å². The van der Waals surface area contributed by atoms with Crippen LogP contribution in [-0.2, 0) is 4.74 Å². The summed E-state index contributed by atoms with van der Waals surface area (Å²) < 4.78 is 4.65. The second-order valence-electron chi connectivity index (χ2n) is 17.8. The van der Waals surface area contributed by atoms with Crippen molar-refractivity contribution in [2.75, 3.05) is 146 Å². The van der Waals surface area contributed by atoms with Crippen LogP contribution in [0.15, 0.2) is 159 Å². The van der Waals surface area contributed by atoms with Crippen molar-refractivity contribution < 1.29 is 4.74 Å². The molecule has 9 aliphatic rings. The lowest BCUT2D eigenvalue weighted by atomic mass is 10.1. The van der Waals surface area contributed by atoms with E-state index in [-0.39, 0.29) is 0 Å². The number of nitrogens with one attached hydrogen (secondary N) is 9. The van der Waals surface area contributed by atoms with Gasteiger partial charge in [0.1, 0.15) is 18.9 Å². The molecule has 21 heteroatoms. The molecule has 0 atom stereocenters. The number of piperazine rings is 2. The molecule has 13 heterocycles. The molecule has 0 radical (unpaired) electrons. The Morgan fingerprint density at radius 3 is 0.609 bits per heavy atom. The summed E-state index contributed by atoms with van der Waals surface area (Å²) in [5.41, 5.74) is 0. The molecule has 13 rings (SSSR count). The Kier molecular flexibility index (Phi) is 459. The van der Waals surface area contributed by atoms with Crippen LogP contribution >= 0.6 is 0 Å². The summed E-state index contributed by atoms with van der Waals surface area (Å²) in [6.45, 7) is 122. The van der Waals surface area contributed by atoms with E-state index < -0.39 is 0 Å². The van der Waals surface area contributed by atoms with Gasteiger partial charge in [-0.25, -0.2) is 9.97 Å². The first-order valence-corrected chi connectivity index (χ1v) is 52.9. The minimum atomic E-state index is 0.958. The molecule has 0 amide bonds. The molecule has 4 aromatic heterocycles. The van der Waals surface area contributed by atoms with Crippen LogP contribution < -0.4 is 47.9 Å². The molecule has 0 unspecified atom stereocenters. The van der Waals surface area contributed by atoms with Gasteiger partial charge >= 0.3 is 0 Å². The lowest BCUT2D eigenvalue weighted by Gasteiger charge is -2.28. The van der Waals surface area contributed by atoms with Crippen LogP contribution in [0.4, 0.5) is 0 Å². The van der Waals surface area contributed by atoms with Crippen LogP contribution in [0.25, 0.3) is 0 Å². The maximum atomic E-state index is 4.65. The molecular weight excluding hydrogens is 1580 g/mol. The number of dihydropyridines is 1. The molecule has 0 spiro atoms. The number of allylic oxidation sites excluding steroid dienone is 2. The number of piperidine rings is 2. The molecule has 6 fully saturated rings. The molecule has 0 aliphatic carbocycles. The van der Waals surface area contributed by atoms with E-state index in [1.165, 1.54) is 123 Å². The summed E-state index contributed by atoms with van der Waals surface area (Å²) in [4.78, 5) is 29.5. The van der Waals surface area contributed by atoms with Crippen molar-refractivity contribution in [1.82, 2.24) is 97.7 Å². The number of aliphatic imine (C=N–C) groups is 1. The van der Waals surface area contributed by atoms with E-state index >= 15 is 0 Å². The van der Waals surface area contributed by atoms with Gasteiger partial charge in [0, 0.05) is 153 Å². The van der Waals surface area contributed by atoms with E-state index in [4.69, 9.17) is 0 Å². The summed E-state index contributed by atoms with van der Waals surface area (Å²) in [5.74, 6) is 0. The van der Waals surface area contributed by atoms with Crippen molar-refractivity contribution in [1.29, 1.82) is 0 Å². The highest BCUT2D eigenvalue weighted by Crippen LogP contribution is 2.05. The highest BCUT2D eigenvalue weighted by Gasteiger charge is 2.08. The zero-order valence-electron chi connectivity index (χ0n) is 97.6. The minimum absolute atomic E-state index is 0.958. The lowest BCUT2D eigenvalue weighted by molar-refractivity contribution is 0.181. The van der Waals surface area contributed by atoms with Crippen molar-refractivity contribution in [3.63, 3.8) is 0 Å². The molecule has 4 aromatic rings. The normalized spacial score (nSPS) is 12.1. The van der Waals surface area contributed by atoms with Gasteiger partial charge in [-0.15, -0.1) is 0 Å². The van der Waals surface area contributed by atoms with Crippen LogP contribution in [0.2, 0.25) is 0 Å². The van der Waals surface area contributed by atoms with Crippen molar-refractivity contribution in [2.45, 2.75) is 404 Å². The van der Waals surface area contributed by atoms with E-state index in [0.29, 0.717) is 0 Å². The van der Waals surface area contributed by atoms with Gasteiger partial charge in [-0.05, 0) is 148 Å². The lowest BCUT2D eigenvalue weighted by Crippen LogP contribution is -2.42. The number of likely N-dealkylation sites (tertiary alicyclic amines) is 1. The topological polar surface area (TPSA) is 230 Å². The Balaban J connectivity index is -0.0000000375. The van der Waals surface area contributed by atoms with Crippen molar-refractivity contribution in [2.24, 2.45) is 4.99 Å². The van der Waals surface area contributed by atoms with E-state index in [0.717, 1.165) is 65.4 Å². The van der Waals surface area contributed by atoms with Gasteiger partial charge in [-0.3, -0.25) is 19.9 Å². The number of rotatable bonds is 0. The number of likely N-dealkylation sites (N-methyl/N-ethyl adjacent to an activating group) is 2. The number of aromatic nitrogens is 7. The van der Waals surface area contributed by atoms with Crippen molar-refractivity contribution in [3.8, 4) is 0 Å². The molecule has 9 N–H and O–H groups in total. The number of hydrogen-bond acceptors (Lipinski definition) is 21. The first kappa shape index (κ1) is 190. The molecule has 9 aliphatic heterocycles. The Bertz CT molecular complexity index is 1470. The van der Waals surface area contributed by atoms with E-state index in [2.05, 4.69) is 141 Å². The standard InChI is InChI=1S/C6H14N2.C6H13N.C5H11N.C5H7N.C5H5N.C4H10N2.3C4H4N2.C4H5NO.C4H9N.C3H8N2.C3H6N2.25C2H6/c1-7-3-5-8(2)6-4-7;1-7-5-3-2-4-6-7;3*1-2-4-6-5-3-1;2*1-2-6-4-3-5-1;1-2-5-4-6-3-1;1-2-4-6-5-3-1;1-3-6-4-2-5-1;1-2-4-5-3-1;2*1-2-5-3-4-1;25*1-2/h3-6H2,1-2H3;2-6H2,1H3;6H,1-5H2;2-6H,1H2;1-5H;5-6H,1-4H2;3*1-4H;1-5H;5H,1-4H2;4-5H,1-3H2;3H,1-2H2,(H,4,5);25*1-2H3. The van der Waals surface area contributed by atoms with E-state index in [9.17, 15) is 0 Å². The van der Waals surface area contributed by atoms with Gasteiger partial charge in [0.05, 0.1) is 12.9 Å². The minimum Gasteiger partial charge on any atom is -0.470 e. The molecular formula is C107H250N20O. The fourth-order valence-corrected chi connectivity index (χ4v) is 6.49. The fourth-order valence-electron chi connectivity index (χ4n) is 6.49. The van der Waals surface area contributed by atoms with Gasteiger partial charge in [-0.1, -0.05) is 377 Å². The highest BCUT2D eigenvalue weighted by atomic mass is 16.5. The predicted molar refractivity (Wildman–Crippen MR) is 606 cm³/mol. The van der Waals surface area contributed by atoms with Crippen molar-refractivity contribution >= 4 is 6.34 Å². The predicted octanol–water partition coefficient (Wildman–Crippen LogP) is 29.8. The van der Waals surface area contributed by atoms with E-state index in [1.807, 2.05) is 389 Å². The van der Waals surface area contributed by atoms with Crippen LogP contribution in [0.1, 0.15) is 404 Å². The molecule has 0 aromatic carbocycles. The summed E-state index contributed by atoms with van der Waals surface area (Å²) in [7, 11) is 6.54. The molecule has 0 saturated carbocycles. The second kappa shape index (κ2) is 310. The second-order valence-corrected chi connectivity index (χ2v) is 17.8. The molecule has 128 heavy (non-hydrogen) atoms. The number of nitrogens with zero attached hydrogens (tertiary/aromatic N) is 11. The Morgan fingerprint density at radius 1 is 0.234 bits per heavy atom. The number of pyridine rings is 1. The SMILES string of the molecule is C1=CNC=CC1.C1=COC=CN1.C1=NCCN1.C1CCNC1.C1CCNCC1.C1CNCCN1.C1CNCN1.CC.CC.CC.CC.CC.CC.CC.CC.CC.CC.CC.CC.CC.CC.CC.CC.CC.CC.CC.CC.CC.CC.CC.CC.CC.CN1CCCCC1.CN1CCN(C)CC1.c1ccncc1.c1ccnnc1.c1cnccn1.c1cncnc1. The Morgan fingerprint density at radius 2 is 0.492 bits per heavy atom.